The van der Waals surface area contributed by atoms with Crippen molar-refractivity contribution in [2.24, 2.45) is 0 Å². The molecule has 1 amide bonds. The van der Waals surface area contributed by atoms with Gasteiger partial charge in [-0.3, -0.25) is 4.79 Å². The maximum absolute atomic E-state index is 11.8. The minimum Gasteiger partial charge on any atom is -0.337 e. The summed E-state index contributed by atoms with van der Waals surface area (Å²) in [5.74, 6) is -0.246. The van der Waals surface area contributed by atoms with E-state index in [1.807, 2.05) is 0 Å². The second-order valence-corrected chi connectivity index (χ2v) is 3.04. The molecule has 0 heterocycles. The minimum atomic E-state index is -4.33. The van der Waals surface area contributed by atoms with Crippen LogP contribution in [-0.4, -0.2) is 36.5 Å². The highest BCUT2D eigenvalue weighted by Gasteiger charge is 2.30. The molecule has 78 valence electrons. The monoisotopic (exact) mass is 217 g/mol. The Labute approximate surface area is 79.7 Å². The molecule has 2 nitrogen and oxygen atoms in total. The van der Waals surface area contributed by atoms with Gasteiger partial charge in [0.25, 0.3) is 0 Å². The van der Waals surface area contributed by atoms with Gasteiger partial charge < -0.3 is 4.90 Å². The fraction of sp³-hybridized carbons (Fsp3) is 0.857. The summed E-state index contributed by atoms with van der Waals surface area (Å²) in [4.78, 5) is 11.6. The molecule has 0 aromatic carbocycles. The second-order valence-electron chi connectivity index (χ2n) is 2.66. The first-order valence-corrected chi connectivity index (χ1v) is 4.27. The topological polar surface area (TPSA) is 20.3 Å². The number of carbonyl (C=O) groups excluding carboxylic acids is 1. The SMILES string of the molecule is CN(CC(F)(F)F)C(=O)CCCCl. The number of carbonyl (C=O) groups is 1. The van der Waals surface area contributed by atoms with Gasteiger partial charge >= 0.3 is 6.18 Å². The van der Waals surface area contributed by atoms with E-state index in [0.717, 1.165) is 7.05 Å². The molecule has 0 fully saturated rings. The van der Waals surface area contributed by atoms with Crippen molar-refractivity contribution in [3.05, 3.63) is 0 Å². The number of alkyl halides is 4. The molecule has 0 spiro atoms. The van der Waals surface area contributed by atoms with Crippen LogP contribution in [0.5, 0.6) is 0 Å². The summed E-state index contributed by atoms with van der Waals surface area (Å²) < 4.78 is 35.3. The van der Waals surface area contributed by atoms with Crippen LogP contribution in [0.2, 0.25) is 0 Å². The van der Waals surface area contributed by atoms with E-state index in [4.69, 9.17) is 11.6 Å². The molecule has 6 heteroatoms. The summed E-state index contributed by atoms with van der Waals surface area (Å²) in [6.07, 6.45) is -3.86. The summed E-state index contributed by atoms with van der Waals surface area (Å²) in [5.41, 5.74) is 0. The Balaban J connectivity index is 3.83. The fourth-order valence-corrected chi connectivity index (χ4v) is 0.900. The normalized spacial score (nSPS) is 11.5. The standard InChI is InChI=1S/C7H11ClF3NO/c1-12(5-7(9,10)11)6(13)3-2-4-8/h2-5H2,1H3. The van der Waals surface area contributed by atoms with Crippen LogP contribution >= 0.6 is 11.6 Å². The number of nitrogens with zero attached hydrogens (tertiary/aromatic N) is 1. The van der Waals surface area contributed by atoms with Gasteiger partial charge in [-0.1, -0.05) is 0 Å². The minimum absolute atomic E-state index is 0.0656. The molecule has 13 heavy (non-hydrogen) atoms. The van der Waals surface area contributed by atoms with E-state index in [-0.39, 0.29) is 12.3 Å². The molecule has 0 N–H and O–H groups in total. The summed E-state index contributed by atoms with van der Waals surface area (Å²) in [6, 6.07) is 0. The Hall–Kier alpha value is -0.450. The van der Waals surface area contributed by atoms with E-state index in [0.29, 0.717) is 11.3 Å². The fourth-order valence-electron chi connectivity index (χ4n) is 0.766. The lowest BCUT2D eigenvalue weighted by Crippen LogP contribution is -2.35. The van der Waals surface area contributed by atoms with E-state index in [1.165, 1.54) is 0 Å². The van der Waals surface area contributed by atoms with Crippen molar-refractivity contribution in [1.82, 2.24) is 4.90 Å². The first-order valence-electron chi connectivity index (χ1n) is 3.73. The maximum Gasteiger partial charge on any atom is 0.406 e. The first-order chi connectivity index (χ1) is 5.87. The zero-order valence-electron chi connectivity index (χ0n) is 7.20. The predicted octanol–water partition coefficient (Wildman–Crippen LogP) is 2.03. The summed E-state index contributed by atoms with van der Waals surface area (Å²) in [6.45, 7) is -1.20. The Morgan fingerprint density at radius 1 is 1.46 bits per heavy atom. The Morgan fingerprint density at radius 3 is 2.38 bits per heavy atom. The van der Waals surface area contributed by atoms with Gasteiger partial charge in [0.05, 0.1) is 0 Å². The Morgan fingerprint density at radius 2 is 2.00 bits per heavy atom. The lowest BCUT2D eigenvalue weighted by Gasteiger charge is -2.18. The maximum atomic E-state index is 11.8. The molecule has 0 aliphatic rings. The van der Waals surface area contributed by atoms with Crippen molar-refractivity contribution in [3.8, 4) is 0 Å². The molecule has 0 unspecified atom stereocenters. The van der Waals surface area contributed by atoms with Crippen molar-refractivity contribution in [2.75, 3.05) is 19.5 Å². The van der Waals surface area contributed by atoms with Gasteiger partial charge in [-0.15, -0.1) is 11.6 Å². The Kier molecular flexibility index (Phi) is 5.13. The van der Waals surface area contributed by atoms with Crippen LogP contribution < -0.4 is 0 Å². The highest BCUT2D eigenvalue weighted by atomic mass is 35.5. The van der Waals surface area contributed by atoms with Gasteiger partial charge in [0.15, 0.2) is 0 Å². The van der Waals surface area contributed by atoms with Gasteiger partial charge in [-0.05, 0) is 6.42 Å². The van der Waals surface area contributed by atoms with Crippen LogP contribution in [0.25, 0.3) is 0 Å². The van der Waals surface area contributed by atoms with Crippen molar-refractivity contribution < 1.29 is 18.0 Å². The van der Waals surface area contributed by atoms with Gasteiger partial charge in [0.2, 0.25) is 5.91 Å². The smallest absolute Gasteiger partial charge is 0.337 e. The molecule has 0 aliphatic heterocycles. The molecule has 0 saturated carbocycles. The third kappa shape index (κ3) is 6.69. The molecule has 0 saturated heterocycles. The van der Waals surface area contributed by atoms with Crippen LogP contribution in [0.3, 0.4) is 0 Å². The second kappa shape index (κ2) is 5.32. The molecular formula is C7H11ClF3NO. The highest BCUT2D eigenvalue weighted by molar-refractivity contribution is 6.17. The van der Waals surface area contributed by atoms with E-state index in [2.05, 4.69) is 0 Å². The third-order valence-corrected chi connectivity index (χ3v) is 1.63. The highest BCUT2D eigenvalue weighted by Crippen LogP contribution is 2.16. The summed E-state index contributed by atoms with van der Waals surface area (Å²) in [5, 5.41) is 0. The average Bonchev–Trinajstić information content (AvgIpc) is 1.96. The van der Waals surface area contributed by atoms with Gasteiger partial charge in [0, 0.05) is 19.3 Å². The van der Waals surface area contributed by atoms with Gasteiger partial charge in [-0.25, -0.2) is 0 Å². The van der Waals surface area contributed by atoms with Crippen LogP contribution in [0.15, 0.2) is 0 Å². The van der Waals surface area contributed by atoms with Crippen LogP contribution in [0.4, 0.5) is 13.2 Å². The zero-order valence-corrected chi connectivity index (χ0v) is 7.95. The molecule has 0 aromatic heterocycles. The molecule has 0 bridgehead atoms. The Bertz CT molecular complexity index is 172. The number of hydrogen-bond acceptors (Lipinski definition) is 1. The molecular weight excluding hydrogens is 207 g/mol. The van der Waals surface area contributed by atoms with Gasteiger partial charge in [-0.2, -0.15) is 13.2 Å². The van der Waals surface area contributed by atoms with Crippen LogP contribution in [-0.2, 0) is 4.79 Å². The first kappa shape index (κ1) is 12.6. The third-order valence-electron chi connectivity index (χ3n) is 1.37. The van der Waals surface area contributed by atoms with Crippen molar-refractivity contribution in [1.29, 1.82) is 0 Å². The molecule has 0 aliphatic carbocycles. The largest absolute Gasteiger partial charge is 0.406 e. The summed E-state index contributed by atoms with van der Waals surface area (Å²) in [7, 11) is 1.13. The van der Waals surface area contributed by atoms with Crippen molar-refractivity contribution >= 4 is 17.5 Å². The lowest BCUT2D eigenvalue weighted by atomic mass is 10.3. The van der Waals surface area contributed by atoms with Crippen molar-refractivity contribution in [2.45, 2.75) is 19.0 Å². The molecule has 0 atom stereocenters. The number of halogens is 4. The molecule has 0 aromatic rings. The predicted molar refractivity (Wildman–Crippen MR) is 43.6 cm³/mol. The zero-order chi connectivity index (χ0) is 10.5. The van der Waals surface area contributed by atoms with E-state index >= 15 is 0 Å². The number of rotatable bonds is 4. The number of amides is 1. The van der Waals surface area contributed by atoms with E-state index in [1.54, 1.807) is 0 Å². The quantitative estimate of drug-likeness (QED) is 0.660. The van der Waals surface area contributed by atoms with Crippen molar-refractivity contribution in [3.63, 3.8) is 0 Å². The van der Waals surface area contributed by atoms with Crippen LogP contribution in [0.1, 0.15) is 12.8 Å². The van der Waals surface area contributed by atoms with E-state index in [9.17, 15) is 18.0 Å². The average molecular weight is 218 g/mol. The lowest BCUT2D eigenvalue weighted by molar-refractivity contribution is -0.158. The molecule has 0 radical (unpaired) electrons. The van der Waals surface area contributed by atoms with E-state index < -0.39 is 18.6 Å². The van der Waals surface area contributed by atoms with Gasteiger partial charge in [0.1, 0.15) is 6.54 Å². The molecule has 0 rings (SSSR count). The number of hydrogen-bond donors (Lipinski definition) is 0. The summed E-state index contributed by atoms with van der Waals surface area (Å²) >= 11 is 5.29. The van der Waals surface area contributed by atoms with Crippen LogP contribution in [0, 0.1) is 0 Å².